The molecule has 130 valence electrons. The van der Waals surface area contributed by atoms with E-state index < -0.39 is 16.1 Å². The summed E-state index contributed by atoms with van der Waals surface area (Å²) in [5, 5.41) is 11.8. The van der Waals surface area contributed by atoms with Crippen LogP contribution in [0.2, 0.25) is 5.02 Å². The maximum Gasteiger partial charge on any atom is 0.404 e. The molecule has 1 aromatic carbocycles. The summed E-state index contributed by atoms with van der Waals surface area (Å²) in [4.78, 5) is 14.9. The zero-order valence-corrected chi connectivity index (χ0v) is 14.5. The van der Waals surface area contributed by atoms with E-state index >= 15 is 0 Å². The summed E-state index contributed by atoms with van der Waals surface area (Å²) in [6, 6.07) is 11.2. The highest BCUT2D eigenvalue weighted by atomic mass is 35.5. The third-order valence-corrected chi connectivity index (χ3v) is 5.70. The van der Waals surface area contributed by atoms with Gasteiger partial charge in [0.2, 0.25) is 0 Å². The molecule has 0 aliphatic carbocycles. The number of pyridine rings is 1. The van der Waals surface area contributed by atoms with Crippen molar-refractivity contribution in [2.75, 3.05) is 6.54 Å². The molecule has 3 aromatic rings. The topological polar surface area (TPSA) is 101 Å². The molecule has 0 radical (unpaired) electrons. The van der Waals surface area contributed by atoms with E-state index in [1.54, 1.807) is 30.3 Å². The maximum absolute atomic E-state index is 13.1. The molecule has 0 saturated carbocycles. The van der Waals surface area contributed by atoms with E-state index in [9.17, 15) is 13.2 Å². The van der Waals surface area contributed by atoms with Gasteiger partial charge in [-0.25, -0.2) is 22.2 Å². The van der Waals surface area contributed by atoms with Gasteiger partial charge < -0.3 is 10.4 Å². The Labute approximate surface area is 148 Å². The van der Waals surface area contributed by atoms with Crippen molar-refractivity contribution in [3.8, 4) is 0 Å². The third kappa shape index (κ3) is 3.31. The average Bonchev–Trinajstić information content (AvgIpc) is 2.96. The number of fused-ring (bicyclic) bond motifs is 1. The van der Waals surface area contributed by atoms with Gasteiger partial charge in [-0.15, -0.1) is 0 Å². The highest BCUT2D eigenvalue weighted by Gasteiger charge is 2.24. The van der Waals surface area contributed by atoms with Gasteiger partial charge in [-0.05, 0) is 24.3 Å². The Balaban J connectivity index is 2.18. The number of carboxylic acid groups (broad SMARTS) is 1. The molecular formula is C16H14ClN3O4S. The highest BCUT2D eigenvalue weighted by molar-refractivity contribution is 7.90. The number of hydrogen-bond donors (Lipinski definition) is 2. The first-order valence-electron chi connectivity index (χ1n) is 7.33. The van der Waals surface area contributed by atoms with Crippen molar-refractivity contribution in [3.05, 3.63) is 59.4 Å². The summed E-state index contributed by atoms with van der Waals surface area (Å²) in [6.45, 7) is 0.0631. The van der Waals surface area contributed by atoms with Gasteiger partial charge in [-0.3, -0.25) is 0 Å². The minimum Gasteiger partial charge on any atom is -0.465 e. The molecular weight excluding hydrogens is 366 g/mol. The fourth-order valence-electron chi connectivity index (χ4n) is 2.53. The second kappa shape index (κ2) is 6.73. The zero-order valence-electron chi connectivity index (χ0n) is 12.9. The average molecular weight is 380 g/mol. The SMILES string of the molecule is O=C(O)NCCc1cc2c(Cl)ccnc2n1S(=O)(=O)c1ccccc1. The van der Waals surface area contributed by atoms with E-state index in [-0.39, 0.29) is 23.5 Å². The molecule has 0 bridgehead atoms. The number of halogens is 1. The molecule has 0 atom stereocenters. The molecule has 2 heterocycles. The molecule has 0 fully saturated rings. The first-order chi connectivity index (χ1) is 11.9. The van der Waals surface area contributed by atoms with Gasteiger partial charge in [0.25, 0.3) is 10.0 Å². The van der Waals surface area contributed by atoms with E-state index in [4.69, 9.17) is 16.7 Å². The van der Waals surface area contributed by atoms with Gasteiger partial charge in [0.05, 0.1) is 9.92 Å². The second-order valence-electron chi connectivity index (χ2n) is 5.23. The van der Waals surface area contributed by atoms with Crippen LogP contribution in [0.4, 0.5) is 4.79 Å². The molecule has 0 unspecified atom stereocenters. The fraction of sp³-hybridized carbons (Fsp3) is 0.125. The summed E-state index contributed by atoms with van der Waals surface area (Å²) in [6.07, 6.45) is 0.427. The summed E-state index contributed by atoms with van der Waals surface area (Å²) < 4.78 is 27.3. The maximum atomic E-state index is 13.1. The van der Waals surface area contributed by atoms with E-state index in [0.29, 0.717) is 16.1 Å². The van der Waals surface area contributed by atoms with E-state index in [1.807, 2.05) is 0 Å². The van der Waals surface area contributed by atoms with Crippen LogP contribution in [0.15, 0.2) is 53.6 Å². The van der Waals surface area contributed by atoms with Crippen LogP contribution in [0.5, 0.6) is 0 Å². The quantitative estimate of drug-likeness (QED) is 0.709. The lowest BCUT2D eigenvalue weighted by Gasteiger charge is -2.11. The number of carbonyl (C=O) groups is 1. The predicted octanol–water partition coefficient (Wildman–Crippen LogP) is 2.74. The third-order valence-electron chi connectivity index (χ3n) is 3.62. The van der Waals surface area contributed by atoms with Gasteiger partial charge in [-0.1, -0.05) is 29.8 Å². The normalized spacial score (nSPS) is 11.6. The molecule has 9 heteroatoms. The van der Waals surface area contributed by atoms with Gasteiger partial charge in [0, 0.05) is 30.2 Å². The number of rotatable bonds is 5. The summed E-state index contributed by atoms with van der Waals surface area (Å²) in [5.74, 6) is 0. The number of hydrogen-bond acceptors (Lipinski definition) is 4. The van der Waals surface area contributed by atoms with Crippen LogP contribution in [-0.4, -0.2) is 35.1 Å². The Kier molecular flexibility index (Phi) is 4.65. The number of amides is 1. The van der Waals surface area contributed by atoms with Gasteiger partial charge in [0.1, 0.15) is 0 Å². The minimum absolute atomic E-state index is 0.0631. The molecule has 0 spiro atoms. The first kappa shape index (κ1) is 17.2. The van der Waals surface area contributed by atoms with Crippen LogP contribution in [0.1, 0.15) is 5.69 Å². The van der Waals surface area contributed by atoms with Crippen LogP contribution < -0.4 is 5.32 Å². The second-order valence-corrected chi connectivity index (χ2v) is 7.42. The lowest BCUT2D eigenvalue weighted by atomic mass is 10.3. The highest BCUT2D eigenvalue weighted by Crippen LogP contribution is 2.29. The van der Waals surface area contributed by atoms with Crippen LogP contribution >= 0.6 is 11.6 Å². The number of benzene rings is 1. The van der Waals surface area contributed by atoms with Crippen molar-refractivity contribution < 1.29 is 18.3 Å². The number of nitrogens with one attached hydrogen (secondary N) is 1. The lowest BCUT2D eigenvalue weighted by Crippen LogP contribution is -2.25. The molecule has 0 aliphatic rings. The Hall–Kier alpha value is -2.58. The van der Waals surface area contributed by atoms with Gasteiger partial charge in [-0.2, -0.15) is 0 Å². The van der Waals surface area contributed by atoms with Crippen molar-refractivity contribution in [1.29, 1.82) is 0 Å². The monoisotopic (exact) mass is 379 g/mol. The lowest BCUT2D eigenvalue weighted by molar-refractivity contribution is 0.194. The van der Waals surface area contributed by atoms with Crippen molar-refractivity contribution >= 4 is 38.8 Å². The van der Waals surface area contributed by atoms with Crippen molar-refractivity contribution in [2.45, 2.75) is 11.3 Å². The molecule has 2 N–H and O–H groups in total. The molecule has 0 aliphatic heterocycles. The Bertz CT molecular complexity index is 1030. The number of aromatic nitrogens is 2. The number of nitrogens with zero attached hydrogens (tertiary/aromatic N) is 2. The van der Waals surface area contributed by atoms with E-state index in [0.717, 1.165) is 3.97 Å². The van der Waals surface area contributed by atoms with Gasteiger partial charge in [0.15, 0.2) is 5.65 Å². The van der Waals surface area contributed by atoms with Crippen molar-refractivity contribution in [1.82, 2.24) is 14.3 Å². The van der Waals surface area contributed by atoms with E-state index in [2.05, 4.69) is 10.3 Å². The molecule has 1 amide bonds. The van der Waals surface area contributed by atoms with Crippen LogP contribution in [0, 0.1) is 0 Å². The van der Waals surface area contributed by atoms with Crippen LogP contribution in [-0.2, 0) is 16.4 Å². The standard InChI is InChI=1S/C16H14ClN3O4S/c17-14-7-9-18-15-13(14)10-11(6-8-19-16(21)22)20(15)25(23,24)12-4-2-1-3-5-12/h1-5,7,9-10,19H,6,8H2,(H,21,22). The molecule has 3 rings (SSSR count). The van der Waals surface area contributed by atoms with Crippen molar-refractivity contribution in [2.24, 2.45) is 0 Å². The first-order valence-corrected chi connectivity index (χ1v) is 9.15. The summed E-state index contributed by atoms with van der Waals surface area (Å²) in [7, 11) is -3.90. The van der Waals surface area contributed by atoms with Gasteiger partial charge >= 0.3 is 6.09 Å². The fourth-order valence-corrected chi connectivity index (χ4v) is 4.27. The Morgan fingerprint density at radius 3 is 2.64 bits per heavy atom. The predicted molar refractivity (Wildman–Crippen MR) is 93.5 cm³/mol. The summed E-state index contributed by atoms with van der Waals surface area (Å²) in [5.41, 5.74) is 0.606. The molecule has 7 nitrogen and oxygen atoms in total. The molecule has 0 saturated heterocycles. The smallest absolute Gasteiger partial charge is 0.404 e. The largest absolute Gasteiger partial charge is 0.465 e. The minimum atomic E-state index is -3.90. The van der Waals surface area contributed by atoms with Crippen molar-refractivity contribution in [3.63, 3.8) is 0 Å². The zero-order chi connectivity index (χ0) is 18.0. The molecule has 25 heavy (non-hydrogen) atoms. The molecule has 2 aromatic heterocycles. The Morgan fingerprint density at radius 2 is 1.96 bits per heavy atom. The summed E-state index contributed by atoms with van der Waals surface area (Å²) >= 11 is 6.17. The Morgan fingerprint density at radius 1 is 1.24 bits per heavy atom. The van der Waals surface area contributed by atoms with E-state index in [1.165, 1.54) is 18.3 Å². The van der Waals surface area contributed by atoms with Crippen LogP contribution in [0.3, 0.4) is 0 Å². The van der Waals surface area contributed by atoms with Crippen LogP contribution in [0.25, 0.3) is 11.0 Å².